The molecule has 0 radical (unpaired) electrons. The molecule has 4 rings (SSSR count). The molecule has 140 valence electrons. The predicted octanol–water partition coefficient (Wildman–Crippen LogP) is 4.04. The van der Waals surface area contributed by atoms with Gasteiger partial charge in [-0.05, 0) is 30.3 Å². The molecule has 1 aromatic heterocycles. The Labute approximate surface area is 159 Å². The summed E-state index contributed by atoms with van der Waals surface area (Å²) in [5, 5.41) is 7.81. The molecule has 5 nitrogen and oxygen atoms in total. The van der Waals surface area contributed by atoms with E-state index in [9.17, 15) is 0 Å². The predicted molar refractivity (Wildman–Crippen MR) is 106 cm³/mol. The van der Waals surface area contributed by atoms with Gasteiger partial charge in [0, 0.05) is 36.3 Å². The number of ether oxygens (including phenoxy) is 2. The average Bonchev–Trinajstić information content (AvgIpc) is 3.16. The summed E-state index contributed by atoms with van der Waals surface area (Å²) in [5.41, 5.74) is 5.73. The van der Waals surface area contributed by atoms with E-state index in [2.05, 4.69) is 40.2 Å². The molecular weight excluding hydrogens is 338 g/mol. The summed E-state index contributed by atoms with van der Waals surface area (Å²) in [6, 6.07) is 16.2. The maximum atomic E-state index is 5.97. The number of nitrogens with zero attached hydrogens (tertiary/aromatic N) is 2. The lowest BCUT2D eigenvalue weighted by Crippen LogP contribution is -2.30. The fourth-order valence-corrected chi connectivity index (χ4v) is 3.53. The van der Waals surface area contributed by atoms with Crippen molar-refractivity contribution in [2.45, 2.75) is 26.5 Å². The van der Waals surface area contributed by atoms with Crippen molar-refractivity contribution >= 4 is 0 Å². The summed E-state index contributed by atoms with van der Waals surface area (Å²) in [5.74, 6) is 1.47. The smallest absolute Gasteiger partial charge is 0.161 e. The van der Waals surface area contributed by atoms with E-state index in [1.807, 2.05) is 30.3 Å². The minimum absolute atomic E-state index is 0.514. The maximum absolute atomic E-state index is 5.97. The SMILES string of the molecule is CCN1CCc2[nH]nc(-c3ccc(OCc4ccccc4)c(OC)c3)c2C1. The van der Waals surface area contributed by atoms with E-state index < -0.39 is 0 Å². The number of hydrogen-bond acceptors (Lipinski definition) is 4. The van der Waals surface area contributed by atoms with Crippen molar-refractivity contribution in [2.75, 3.05) is 20.2 Å². The summed E-state index contributed by atoms with van der Waals surface area (Å²) < 4.78 is 11.6. The Bertz CT molecular complexity index is 905. The lowest BCUT2D eigenvalue weighted by molar-refractivity contribution is 0.267. The van der Waals surface area contributed by atoms with Gasteiger partial charge in [0.05, 0.1) is 12.8 Å². The molecule has 0 saturated heterocycles. The van der Waals surface area contributed by atoms with Gasteiger partial charge in [0.1, 0.15) is 6.61 Å². The summed E-state index contributed by atoms with van der Waals surface area (Å²) in [6.07, 6.45) is 1.02. The van der Waals surface area contributed by atoms with Crippen molar-refractivity contribution in [3.63, 3.8) is 0 Å². The van der Waals surface area contributed by atoms with E-state index in [0.717, 1.165) is 54.4 Å². The zero-order valence-corrected chi connectivity index (χ0v) is 15.9. The highest BCUT2D eigenvalue weighted by molar-refractivity contribution is 5.68. The van der Waals surface area contributed by atoms with E-state index in [4.69, 9.17) is 9.47 Å². The monoisotopic (exact) mass is 363 g/mol. The van der Waals surface area contributed by atoms with Crippen molar-refractivity contribution in [1.29, 1.82) is 0 Å². The second kappa shape index (κ2) is 7.84. The molecule has 2 aromatic carbocycles. The molecule has 5 heteroatoms. The van der Waals surface area contributed by atoms with E-state index in [1.54, 1.807) is 7.11 Å². The molecule has 0 amide bonds. The molecule has 1 N–H and O–H groups in total. The Hall–Kier alpha value is -2.79. The van der Waals surface area contributed by atoms with Crippen molar-refractivity contribution in [1.82, 2.24) is 15.1 Å². The molecule has 0 fully saturated rings. The van der Waals surface area contributed by atoms with Crippen LogP contribution in [0.2, 0.25) is 0 Å². The van der Waals surface area contributed by atoms with Crippen molar-refractivity contribution < 1.29 is 9.47 Å². The van der Waals surface area contributed by atoms with Gasteiger partial charge >= 0.3 is 0 Å². The molecule has 1 aliphatic heterocycles. The van der Waals surface area contributed by atoms with Gasteiger partial charge in [-0.2, -0.15) is 5.10 Å². The molecule has 1 aliphatic rings. The zero-order valence-electron chi connectivity index (χ0n) is 15.9. The van der Waals surface area contributed by atoms with Crippen LogP contribution in [-0.2, 0) is 19.6 Å². The Balaban J connectivity index is 1.58. The fraction of sp³-hybridized carbons (Fsp3) is 0.318. The van der Waals surface area contributed by atoms with Gasteiger partial charge < -0.3 is 9.47 Å². The minimum Gasteiger partial charge on any atom is -0.493 e. The largest absolute Gasteiger partial charge is 0.493 e. The van der Waals surface area contributed by atoms with E-state index >= 15 is 0 Å². The number of methoxy groups -OCH3 is 1. The molecule has 0 unspecified atom stereocenters. The van der Waals surface area contributed by atoms with Crippen LogP contribution in [0.3, 0.4) is 0 Å². The first-order valence-electron chi connectivity index (χ1n) is 9.42. The van der Waals surface area contributed by atoms with E-state index in [1.165, 1.54) is 11.3 Å². The maximum Gasteiger partial charge on any atom is 0.161 e. The molecule has 0 atom stereocenters. The Kier molecular flexibility index (Phi) is 5.12. The van der Waals surface area contributed by atoms with Crippen LogP contribution in [0.4, 0.5) is 0 Å². The second-order valence-corrected chi connectivity index (χ2v) is 6.79. The Morgan fingerprint density at radius 3 is 2.74 bits per heavy atom. The second-order valence-electron chi connectivity index (χ2n) is 6.79. The minimum atomic E-state index is 0.514. The third-order valence-electron chi connectivity index (χ3n) is 5.13. The van der Waals surface area contributed by atoms with Gasteiger partial charge in [0.25, 0.3) is 0 Å². The lowest BCUT2D eigenvalue weighted by atomic mass is 10.0. The summed E-state index contributed by atoms with van der Waals surface area (Å²) in [6.45, 7) is 5.79. The number of likely N-dealkylation sites (N-methyl/N-ethyl adjacent to an activating group) is 1. The third-order valence-corrected chi connectivity index (χ3v) is 5.13. The van der Waals surface area contributed by atoms with Crippen molar-refractivity contribution in [3.8, 4) is 22.8 Å². The molecule has 27 heavy (non-hydrogen) atoms. The van der Waals surface area contributed by atoms with Gasteiger partial charge in [-0.3, -0.25) is 10.00 Å². The van der Waals surface area contributed by atoms with Crippen LogP contribution in [0, 0.1) is 0 Å². The molecule has 0 aliphatic carbocycles. The first kappa shape index (κ1) is 17.6. The number of fused-ring (bicyclic) bond motifs is 1. The van der Waals surface area contributed by atoms with Gasteiger partial charge in [0.2, 0.25) is 0 Å². The van der Waals surface area contributed by atoms with Crippen molar-refractivity contribution in [2.24, 2.45) is 0 Å². The normalized spacial score (nSPS) is 14.0. The van der Waals surface area contributed by atoms with Gasteiger partial charge in [-0.15, -0.1) is 0 Å². The van der Waals surface area contributed by atoms with Crippen LogP contribution >= 0.6 is 0 Å². The number of benzene rings is 2. The van der Waals surface area contributed by atoms with Crippen LogP contribution in [0.15, 0.2) is 48.5 Å². The van der Waals surface area contributed by atoms with Gasteiger partial charge in [-0.25, -0.2) is 0 Å². The zero-order chi connectivity index (χ0) is 18.6. The highest BCUT2D eigenvalue weighted by Crippen LogP contribution is 2.35. The molecule has 0 spiro atoms. The fourth-order valence-electron chi connectivity index (χ4n) is 3.53. The van der Waals surface area contributed by atoms with Gasteiger partial charge in [0.15, 0.2) is 11.5 Å². The Morgan fingerprint density at radius 1 is 1.11 bits per heavy atom. The summed E-state index contributed by atoms with van der Waals surface area (Å²) in [4.78, 5) is 2.44. The first-order chi connectivity index (χ1) is 13.3. The Morgan fingerprint density at radius 2 is 1.96 bits per heavy atom. The number of aromatic nitrogens is 2. The number of H-pyrrole nitrogens is 1. The molecular formula is C22H25N3O2. The lowest BCUT2D eigenvalue weighted by Gasteiger charge is -2.25. The first-order valence-corrected chi connectivity index (χ1v) is 9.42. The molecule has 3 aromatic rings. The molecule has 2 heterocycles. The molecule has 0 bridgehead atoms. The topological polar surface area (TPSA) is 50.4 Å². The van der Waals surface area contributed by atoms with Crippen LogP contribution in [0.5, 0.6) is 11.5 Å². The van der Waals surface area contributed by atoms with Crippen LogP contribution in [0.25, 0.3) is 11.3 Å². The summed E-state index contributed by atoms with van der Waals surface area (Å²) in [7, 11) is 1.67. The van der Waals surface area contributed by atoms with Crippen LogP contribution in [0.1, 0.15) is 23.7 Å². The number of hydrogen-bond donors (Lipinski definition) is 1. The van der Waals surface area contributed by atoms with E-state index in [-0.39, 0.29) is 0 Å². The summed E-state index contributed by atoms with van der Waals surface area (Å²) >= 11 is 0. The quantitative estimate of drug-likeness (QED) is 0.718. The number of nitrogens with one attached hydrogen (secondary N) is 1. The van der Waals surface area contributed by atoms with Gasteiger partial charge in [-0.1, -0.05) is 37.3 Å². The number of rotatable bonds is 6. The highest BCUT2D eigenvalue weighted by atomic mass is 16.5. The van der Waals surface area contributed by atoms with Crippen molar-refractivity contribution in [3.05, 3.63) is 65.4 Å². The van der Waals surface area contributed by atoms with Crippen LogP contribution < -0.4 is 9.47 Å². The van der Waals surface area contributed by atoms with E-state index in [0.29, 0.717) is 6.61 Å². The highest BCUT2D eigenvalue weighted by Gasteiger charge is 2.22. The standard InChI is InChI=1S/C22H25N3O2/c1-3-25-12-11-19-18(14-25)22(24-23-19)17-9-10-20(21(13-17)26-2)27-15-16-7-5-4-6-8-16/h4-10,13H,3,11-12,14-15H2,1-2H3,(H,23,24). The van der Waals surface area contributed by atoms with Crippen LogP contribution in [-0.4, -0.2) is 35.3 Å². The average molecular weight is 363 g/mol. The molecule has 0 saturated carbocycles. The third kappa shape index (κ3) is 3.69. The number of aromatic amines is 1.